The molecular formula is C11H8N4O2. The van der Waals surface area contributed by atoms with Crippen LogP contribution in [0.1, 0.15) is 11.1 Å². The third-order valence-electron chi connectivity index (χ3n) is 2.23. The number of nitriles is 1. The molecule has 1 aromatic heterocycles. The molecule has 0 N–H and O–H groups in total. The molecule has 2 rings (SSSR count). The molecule has 0 spiro atoms. The normalized spacial score (nSPS) is 9.82. The number of benzene rings is 1. The number of nitro groups is 1. The summed E-state index contributed by atoms with van der Waals surface area (Å²) in [4.78, 5) is 13.6. The molecule has 1 heterocycles. The fourth-order valence-corrected chi connectivity index (χ4v) is 1.48. The van der Waals surface area contributed by atoms with E-state index < -0.39 is 4.92 Å². The molecule has 0 aliphatic rings. The minimum absolute atomic E-state index is 0.179. The molecule has 0 unspecified atom stereocenters. The average molecular weight is 228 g/mol. The molecule has 2 aromatic rings. The Morgan fingerprint density at radius 2 is 2.35 bits per heavy atom. The van der Waals surface area contributed by atoms with Crippen molar-refractivity contribution in [2.45, 2.75) is 6.54 Å². The second kappa shape index (κ2) is 4.45. The van der Waals surface area contributed by atoms with Gasteiger partial charge in [0.15, 0.2) is 0 Å². The number of nitrogens with zero attached hydrogens (tertiary/aromatic N) is 4. The van der Waals surface area contributed by atoms with Crippen molar-refractivity contribution in [1.29, 1.82) is 5.26 Å². The smallest absolute Gasteiger partial charge is 0.358 e. The molecule has 0 radical (unpaired) electrons. The zero-order valence-corrected chi connectivity index (χ0v) is 8.78. The number of imidazole rings is 1. The van der Waals surface area contributed by atoms with Gasteiger partial charge in [0.1, 0.15) is 6.20 Å². The van der Waals surface area contributed by atoms with Gasteiger partial charge in [-0.2, -0.15) is 5.26 Å². The summed E-state index contributed by atoms with van der Waals surface area (Å²) in [6, 6.07) is 9.12. The number of hydrogen-bond acceptors (Lipinski definition) is 4. The van der Waals surface area contributed by atoms with Crippen molar-refractivity contribution in [2.24, 2.45) is 0 Å². The summed E-state index contributed by atoms with van der Waals surface area (Å²) in [5.41, 5.74) is 1.47. The zero-order chi connectivity index (χ0) is 12.3. The van der Waals surface area contributed by atoms with E-state index in [9.17, 15) is 10.1 Å². The lowest BCUT2D eigenvalue weighted by Gasteiger charge is -2.00. The molecule has 1 aromatic carbocycles. The summed E-state index contributed by atoms with van der Waals surface area (Å²) in [6.07, 6.45) is 2.76. The van der Waals surface area contributed by atoms with Crippen LogP contribution in [-0.4, -0.2) is 14.5 Å². The molecule has 0 atom stereocenters. The van der Waals surface area contributed by atoms with E-state index in [1.165, 1.54) is 12.5 Å². The van der Waals surface area contributed by atoms with Gasteiger partial charge in [-0.15, -0.1) is 0 Å². The summed E-state index contributed by atoms with van der Waals surface area (Å²) < 4.78 is 1.61. The minimum Gasteiger partial charge on any atom is -0.358 e. The van der Waals surface area contributed by atoms with Crippen LogP contribution in [0.15, 0.2) is 36.8 Å². The molecule has 0 fully saturated rings. The summed E-state index contributed by atoms with van der Waals surface area (Å²) in [5, 5.41) is 19.2. The van der Waals surface area contributed by atoms with Gasteiger partial charge in [0.2, 0.25) is 6.33 Å². The van der Waals surface area contributed by atoms with Crippen LogP contribution in [0.5, 0.6) is 0 Å². The van der Waals surface area contributed by atoms with Crippen LogP contribution in [0.25, 0.3) is 0 Å². The van der Waals surface area contributed by atoms with Gasteiger partial charge >= 0.3 is 5.82 Å². The van der Waals surface area contributed by atoms with E-state index in [0.717, 1.165) is 5.56 Å². The first-order valence-corrected chi connectivity index (χ1v) is 4.84. The Hall–Kier alpha value is -2.68. The maximum Gasteiger partial charge on any atom is 0.381 e. The van der Waals surface area contributed by atoms with Gasteiger partial charge in [0.25, 0.3) is 0 Å². The molecule has 0 amide bonds. The molecule has 0 saturated heterocycles. The first-order valence-electron chi connectivity index (χ1n) is 4.84. The Balaban J connectivity index is 2.19. The van der Waals surface area contributed by atoms with Crippen molar-refractivity contribution in [1.82, 2.24) is 9.55 Å². The Bertz CT molecular complexity index is 598. The molecule has 0 bridgehead atoms. The maximum atomic E-state index is 10.5. The van der Waals surface area contributed by atoms with Crippen LogP contribution in [0, 0.1) is 21.4 Å². The Morgan fingerprint density at radius 3 is 3.00 bits per heavy atom. The standard InChI is InChI=1S/C11H8N4O2/c12-5-9-2-1-3-10(4-9)6-14-7-11(13-8-14)15(16)17/h1-4,7-8H,6H2. The SMILES string of the molecule is N#Cc1cccc(Cn2cnc([N+](=O)[O-])c2)c1. The molecule has 0 aliphatic carbocycles. The predicted octanol–water partition coefficient (Wildman–Crippen LogP) is 1.71. The summed E-state index contributed by atoms with van der Waals surface area (Å²) >= 11 is 0. The predicted molar refractivity (Wildman–Crippen MR) is 59.1 cm³/mol. The first kappa shape index (κ1) is 10.8. The maximum absolute atomic E-state index is 10.5. The van der Waals surface area contributed by atoms with Crippen LogP contribution < -0.4 is 0 Å². The van der Waals surface area contributed by atoms with Crippen LogP contribution in [-0.2, 0) is 6.54 Å². The van der Waals surface area contributed by atoms with Gasteiger partial charge in [-0.1, -0.05) is 12.1 Å². The summed E-state index contributed by atoms with van der Waals surface area (Å²) in [5.74, 6) is -0.179. The summed E-state index contributed by atoms with van der Waals surface area (Å²) in [7, 11) is 0. The van der Waals surface area contributed by atoms with Crippen LogP contribution in [0.3, 0.4) is 0 Å². The van der Waals surface area contributed by atoms with E-state index in [4.69, 9.17) is 5.26 Å². The van der Waals surface area contributed by atoms with Crippen LogP contribution in [0.4, 0.5) is 5.82 Å². The zero-order valence-electron chi connectivity index (χ0n) is 8.78. The van der Waals surface area contributed by atoms with Crippen molar-refractivity contribution >= 4 is 5.82 Å². The third-order valence-corrected chi connectivity index (χ3v) is 2.23. The van der Waals surface area contributed by atoms with Crippen LogP contribution >= 0.6 is 0 Å². The molecular weight excluding hydrogens is 220 g/mol. The highest BCUT2D eigenvalue weighted by Crippen LogP contribution is 2.10. The molecule has 0 aliphatic heterocycles. The fraction of sp³-hybridized carbons (Fsp3) is 0.0909. The largest absolute Gasteiger partial charge is 0.381 e. The van der Waals surface area contributed by atoms with Gasteiger partial charge in [-0.3, -0.25) is 0 Å². The van der Waals surface area contributed by atoms with Crippen molar-refractivity contribution < 1.29 is 4.92 Å². The van der Waals surface area contributed by atoms with Crippen molar-refractivity contribution in [2.75, 3.05) is 0 Å². The number of aromatic nitrogens is 2. The molecule has 6 heteroatoms. The highest BCUT2D eigenvalue weighted by Gasteiger charge is 2.09. The van der Waals surface area contributed by atoms with Gasteiger partial charge < -0.3 is 14.7 Å². The lowest BCUT2D eigenvalue weighted by atomic mass is 10.1. The van der Waals surface area contributed by atoms with Gasteiger partial charge in [0.05, 0.1) is 18.2 Å². The highest BCUT2D eigenvalue weighted by molar-refractivity contribution is 5.33. The van der Waals surface area contributed by atoms with E-state index in [-0.39, 0.29) is 5.82 Å². The monoisotopic (exact) mass is 228 g/mol. The van der Waals surface area contributed by atoms with E-state index in [0.29, 0.717) is 12.1 Å². The molecule has 6 nitrogen and oxygen atoms in total. The van der Waals surface area contributed by atoms with Crippen molar-refractivity contribution in [3.63, 3.8) is 0 Å². The fourth-order valence-electron chi connectivity index (χ4n) is 1.48. The molecule has 84 valence electrons. The minimum atomic E-state index is -0.539. The Kier molecular flexibility index (Phi) is 2.83. The number of rotatable bonds is 3. The van der Waals surface area contributed by atoms with Gasteiger partial charge in [-0.25, -0.2) is 0 Å². The second-order valence-electron chi connectivity index (χ2n) is 3.47. The average Bonchev–Trinajstić information content (AvgIpc) is 2.78. The molecule has 17 heavy (non-hydrogen) atoms. The van der Waals surface area contributed by atoms with E-state index >= 15 is 0 Å². The van der Waals surface area contributed by atoms with E-state index in [2.05, 4.69) is 4.98 Å². The first-order chi connectivity index (χ1) is 8.19. The summed E-state index contributed by atoms with van der Waals surface area (Å²) in [6.45, 7) is 0.455. The van der Waals surface area contributed by atoms with Crippen LogP contribution in [0.2, 0.25) is 0 Å². The number of hydrogen-bond donors (Lipinski definition) is 0. The third kappa shape index (κ3) is 2.46. The van der Waals surface area contributed by atoms with Gasteiger partial charge in [-0.05, 0) is 27.6 Å². The van der Waals surface area contributed by atoms with Gasteiger partial charge in [0, 0.05) is 0 Å². The lowest BCUT2D eigenvalue weighted by Crippen LogP contribution is -1.96. The highest BCUT2D eigenvalue weighted by atomic mass is 16.6. The van der Waals surface area contributed by atoms with Crippen molar-refractivity contribution in [3.8, 4) is 6.07 Å². The quantitative estimate of drug-likeness (QED) is 0.591. The second-order valence-corrected chi connectivity index (χ2v) is 3.47. The van der Waals surface area contributed by atoms with Crippen molar-refractivity contribution in [3.05, 3.63) is 58.0 Å². The topological polar surface area (TPSA) is 84.8 Å². The Morgan fingerprint density at radius 1 is 1.53 bits per heavy atom. The molecule has 0 saturated carbocycles. The van der Waals surface area contributed by atoms with E-state index in [1.807, 2.05) is 12.1 Å². The lowest BCUT2D eigenvalue weighted by molar-refractivity contribution is -0.389. The Labute approximate surface area is 96.9 Å². The van der Waals surface area contributed by atoms with E-state index in [1.54, 1.807) is 22.8 Å².